The molecule has 0 aliphatic heterocycles. The van der Waals surface area contributed by atoms with Crippen LogP contribution in [0, 0.1) is 6.92 Å². The van der Waals surface area contributed by atoms with Gasteiger partial charge in [0, 0.05) is 34.0 Å². The summed E-state index contributed by atoms with van der Waals surface area (Å²) in [5.74, 6) is 1.39. The van der Waals surface area contributed by atoms with Gasteiger partial charge in [-0.05, 0) is 44.8 Å². The molecule has 6 heteroatoms. The summed E-state index contributed by atoms with van der Waals surface area (Å²) < 4.78 is 1.77. The van der Waals surface area contributed by atoms with E-state index >= 15 is 0 Å². The van der Waals surface area contributed by atoms with Gasteiger partial charge in [0.2, 0.25) is 0 Å². The van der Waals surface area contributed by atoms with Crippen LogP contribution in [-0.2, 0) is 0 Å². The third-order valence-electron chi connectivity index (χ3n) is 2.13. The van der Waals surface area contributed by atoms with Crippen molar-refractivity contribution in [1.82, 2.24) is 15.0 Å². The molecule has 0 unspecified atom stereocenters. The number of halogens is 2. The molecule has 0 amide bonds. The van der Waals surface area contributed by atoms with Crippen LogP contribution >= 0.6 is 31.9 Å². The molecule has 0 saturated carbocycles. The highest BCUT2D eigenvalue weighted by Crippen LogP contribution is 2.26. The maximum Gasteiger partial charge on any atom is 0.181 e. The largest absolute Gasteiger partial charge is 0.373 e. The van der Waals surface area contributed by atoms with Gasteiger partial charge in [-0.3, -0.25) is 4.98 Å². The molecule has 17 heavy (non-hydrogen) atoms. The van der Waals surface area contributed by atoms with E-state index in [4.69, 9.17) is 0 Å². The molecule has 2 heterocycles. The first-order valence-electron chi connectivity index (χ1n) is 4.95. The first-order chi connectivity index (χ1) is 8.10. The Morgan fingerprint density at radius 1 is 1.18 bits per heavy atom. The van der Waals surface area contributed by atoms with Gasteiger partial charge >= 0.3 is 0 Å². The lowest BCUT2D eigenvalue weighted by Crippen LogP contribution is -2.00. The molecule has 0 aromatic carbocycles. The van der Waals surface area contributed by atoms with Gasteiger partial charge in [0.25, 0.3) is 0 Å². The van der Waals surface area contributed by atoms with Crippen LogP contribution in [0.5, 0.6) is 0 Å². The SMILES string of the molecule is CNc1cc(C)nc(-c2ncc(Br)cc2Br)n1. The predicted molar refractivity (Wildman–Crippen MR) is 74.9 cm³/mol. The minimum Gasteiger partial charge on any atom is -0.373 e. The van der Waals surface area contributed by atoms with Crippen LogP contribution in [0.2, 0.25) is 0 Å². The van der Waals surface area contributed by atoms with E-state index in [1.54, 1.807) is 6.20 Å². The summed E-state index contributed by atoms with van der Waals surface area (Å²) in [5, 5.41) is 3.01. The third kappa shape index (κ3) is 2.81. The van der Waals surface area contributed by atoms with E-state index in [9.17, 15) is 0 Å². The van der Waals surface area contributed by atoms with E-state index in [2.05, 4.69) is 52.1 Å². The molecular formula is C11H10Br2N4. The van der Waals surface area contributed by atoms with Crippen molar-refractivity contribution in [3.05, 3.63) is 33.0 Å². The molecule has 0 saturated heterocycles. The molecule has 0 fully saturated rings. The Labute approximate surface area is 116 Å². The molecule has 4 nitrogen and oxygen atoms in total. The zero-order valence-electron chi connectivity index (χ0n) is 9.33. The number of pyridine rings is 1. The van der Waals surface area contributed by atoms with Crippen molar-refractivity contribution < 1.29 is 0 Å². The second-order valence-corrected chi connectivity index (χ2v) is 5.22. The normalized spacial score (nSPS) is 10.4. The van der Waals surface area contributed by atoms with Gasteiger partial charge in [0.1, 0.15) is 11.5 Å². The fourth-order valence-electron chi connectivity index (χ4n) is 1.38. The number of hydrogen-bond donors (Lipinski definition) is 1. The van der Waals surface area contributed by atoms with Crippen LogP contribution in [0.25, 0.3) is 11.5 Å². The summed E-state index contributed by atoms with van der Waals surface area (Å²) in [6.45, 7) is 1.93. The van der Waals surface area contributed by atoms with Crippen molar-refractivity contribution in [3.63, 3.8) is 0 Å². The molecule has 0 spiro atoms. The molecule has 0 aliphatic rings. The Balaban J connectivity index is 2.55. The maximum atomic E-state index is 4.38. The van der Waals surface area contributed by atoms with Gasteiger partial charge < -0.3 is 5.32 Å². The average Bonchev–Trinajstić information content (AvgIpc) is 2.28. The van der Waals surface area contributed by atoms with Gasteiger partial charge in [0.05, 0.1) is 0 Å². The second kappa shape index (κ2) is 5.10. The zero-order valence-corrected chi connectivity index (χ0v) is 12.5. The Hall–Kier alpha value is -1.01. The van der Waals surface area contributed by atoms with Crippen molar-refractivity contribution in [3.8, 4) is 11.5 Å². The number of nitrogens with one attached hydrogen (secondary N) is 1. The number of aromatic nitrogens is 3. The van der Waals surface area contributed by atoms with Crippen LogP contribution < -0.4 is 5.32 Å². The summed E-state index contributed by atoms with van der Waals surface area (Å²) in [7, 11) is 1.83. The molecule has 0 atom stereocenters. The summed E-state index contributed by atoms with van der Waals surface area (Å²) >= 11 is 6.83. The number of aryl methyl sites for hydroxylation is 1. The van der Waals surface area contributed by atoms with Crippen molar-refractivity contribution in [2.24, 2.45) is 0 Å². The lowest BCUT2D eigenvalue weighted by Gasteiger charge is -2.06. The van der Waals surface area contributed by atoms with Crippen molar-refractivity contribution in [2.45, 2.75) is 6.92 Å². The highest BCUT2D eigenvalue weighted by molar-refractivity contribution is 9.11. The van der Waals surface area contributed by atoms with Gasteiger partial charge in [-0.25, -0.2) is 9.97 Å². The van der Waals surface area contributed by atoms with Crippen molar-refractivity contribution >= 4 is 37.7 Å². The van der Waals surface area contributed by atoms with Crippen LogP contribution in [0.3, 0.4) is 0 Å². The number of hydrogen-bond acceptors (Lipinski definition) is 4. The summed E-state index contributed by atoms with van der Waals surface area (Å²) in [6, 6.07) is 3.81. The van der Waals surface area contributed by atoms with Gasteiger partial charge in [-0.15, -0.1) is 0 Å². The quantitative estimate of drug-likeness (QED) is 0.894. The van der Waals surface area contributed by atoms with Crippen LogP contribution in [-0.4, -0.2) is 22.0 Å². The van der Waals surface area contributed by atoms with Crippen LogP contribution in [0.1, 0.15) is 5.69 Å². The third-order valence-corrected chi connectivity index (χ3v) is 3.17. The van der Waals surface area contributed by atoms with E-state index in [0.717, 1.165) is 26.2 Å². The zero-order chi connectivity index (χ0) is 12.4. The van der Waals surface area contributed by atoms with E-state index in [1.165, 1.54) is 0 Å². The predicted octanol–water partition coefficient (Wildman–Crippen LogP) is 3.41. The van der Waals surface area contributed by atoms with E-state index in [1.807, 2.05) is 26.1 Å². The minimum atomic E-state index is 0.605. The Bertz CT molecular complexity index is 557. The highest BCUT2D eigenvalue weighted by Gasteiger charge is 2.10. The molecule has 1 N–H and O–H groups in total. The van der Waals surface area contributed by atoms with E-state index in [0.29, 0.717) is 5.82 Å². The fraction of sp³-hybridized carbons (Fsp3) is 0.182. The summed E-state index contributed by atoms with van der Waals surface area (Å²) in [5.41, 5.74) is 1.63. The molecule has 2 rings (SSSR count). The first kappa shape index (κ1) is 12.4. The fourth-order valence-corrected chi connectivity index (χ4v) is 2.55. The molecule has 2 aromatic rings. The Kier molecular flexibility index (Phi) is 3.73. The number of anilines is 1. The number of nitrogens with zero attached hydrogens (tertiary/aromatic N) is 3. The van der Waals surface area contributed by atoms with E-state index < -0.39 is 0 Å². The molecule has 0 aliphatic carbocycles. The van der Waals surface area contributed by atoms with Crippen LogP contribution in [0.4, 0.5) is 5.82 Å². The average molecular weight is 358 g/mol. The molecule has 2 aromatic heterocycles. The lowest BCUT2D eigenvalue weighted by molar-refractivity contribution is 1.08. The first-order valence-corrected chi connectivity index (χ1v) is 6.53. The molecule has 88 valence electrons. The Morgan fingerprint density at radius 2 is 1.94 bits per heavy atom. The van der Waals surface area contributed by atoms with Gasteiger partial charge in [-0.2, -0.15) is 0 Å². The topological polar surface area (TPSA) is 50.7 Å². The monoisotopic (exact) mass is 356 g/mol. The Morgan fingerprint density at radius 3 is 2.59 bits per heavy atom. The summed E-state index contributed by atoms with van der Waals surface area (Å²) in [4.78, 5) is 13.1. The standard InChI is InChI=1S/C11H10Br2N4/c1-6-3-9(14-2)17-11(16-6)10-8(13)4-7(12)5-15-10/h3-5H,1-2H3,(H,14,16,17). The smallest absolute Gasteiger partial charge is 0.181 e. The number of rotatable bonds is 2. The second-order valence-electron chi connectivity index (χ2n) is 3.45. The minimum absolute atomic E-state index is 0.605. The van der Waals surface area contributed by atoms with Gasteiger partial charge in [0.15, 0.2) is 5.82 Å². The molecule has 0 radical (unpaired) electrons. The van der Waals surface area contributed by atoms with E-state index in [-0.39, 0.29) is 0 Å². The molecular weight excluding hydrogens is 348 g/mol. The lowest BCUT2D eigenvalue weighted by atomic mass is 10.3. The summed E-state index contributed by atoms with van der Waals surface area (Å²) in [6.07, 6.45) is 1.73. The maximum absolute atomic E-state index is 4.38. The van der Waals surface area contributed by atoms with Crippen LogP contribution in [0.15, 0.2) is 27.3 Å². The van der Waals surface area contributed by atoms with Gasteiger partial charge in [-0.1, -0.05) is 0 Å². The van der Waals surface area contributed by atoms with Crippen molar-refractivity contribution in [1.29, 1.82) is 0 Å². The molecule has 0 bridgehead atoms. The highest BCUT2D eigenvalue weighted by atomic mass is 79.9. The van der Waals surface area contributed by atoms with Crippen molar-refractivity contribution in [2.75, 3.05) is 12.4 Å².